The van der Waals surface area contributed by atoms with Gasteiger partial charge in [-0.25, -0.2) is 0 Å². The van der Waals surface area contributed by atoms with Gasteiger partial charge in [-0.3, -0.25) is 14.9 Å². The number of carbonyl (C=O) groups is 1. The molecular formula is C13H7Br3N2O3. The highest BCUT2D eigenvalue weighted by molar-refractivity contribution is 9.11. The second kappa shape index (κ2) is 6.67. The molecule has 1 N–H and O–H groups in total. The summed E-state index contributed by atoms with van der Waals surface area (Å²) in [5, 5.41) is 13.4. The molecule has 1 amide bonds. The average Bonchev–Trinajstić information content (AvgIpc) is 2.39. The lowest BCUT2D eigenvalue weighted by Gasteiger charge is -2.08. The van der Waals surface area contributed by atoms with Crippen LogP contribution in [0.3, 0.4) is 0 Å². The molecule has 2 rings (SSSR count). The number of halogens is 3. The minimum absolute atomic E-state index is 0.0509. The van der Waals surface area contributed by atoms with E-state index in [9.17, 15) is 14.9 Å². The summed E-state index contributed by atoms with van der Waals surface area (Å²) >= 11 is 9.83. The van der Waals surface area contributed by atoms with E-state index >= 15 is 0 Å². The van der Waals surface area contributed by atoms with Gasteiger partial charge in [0, 0.05) is 31.1 Å². The third-order valence-electron chi connectivity index (χ3n) is 2.54. The molecule has 8 heteroatoms. The number of non-ortho nitro benzene ring substituents is 1. The minimum atomic E-state index is -0.498. The number of hydrogen-bond acceptors (Lipinski definition) is 3. The summed E-state index contributed by atoms with van der Waals surface area (Å²) in [5.74, 6) is -0.313. The Kier molecular flexibility index (Phi) is 5.13. The summed E-state index contributed by atoms with van der Waals surface area (Å²) < 4.78 is 1.98. The number of amides is 1. The molecule has 2 aromatic rings. The molecule has 5 nitrogen and oxygen atoms in total. The lowest BCUT2D eigenvalue weighted by atomic mass is 10.2. The van der Waals surface area contributed by atoms with Crippen LogP contribution in [0.25, 0.3) is 0 Å². The minimum Gasteiger partial charge on any atom is -0.321 e. The standard InChI is InChI=1S/C13H7Br3N2O3/c14-8-3-7(4-9(15)5-8)13(19)17-12-2-1-10(18(20)21)6-11(12)16/h1-6H,(H,17,19). The first-order chi connectivity index (χ1) is 9.86. The maximum absolute atomic E-state index is 12.2. The Bertz CT molecular complexity index is 714. The van der Waals surface area contributed by atoms with Crippen LogP contribution in [-0.2, 0) is 0 Å². The van der Waals surface area contributed by atoms with Gasteiger partial charge in [-0.05, 0) is 40.2 Å². The highest BCUT2D eigenvalue weighted by Crippen LogP contribution is 2.28. The number of nitro benzene ring substituents is 1. The molecule has 21 heavy (non-hydrogen) atoms. The van der Waals surface area contributed by atoms with Crippen LogP contribution in [-0.4, -0.2) is 10.8 Å². The molecule has 0 aromatic heterocycles. The molecule has 0 fully saturated rings. The van der Waals surface area contributed by atoms with Crippen LogP contribution in [0.1, 0.15) is 10.4 Å². The first kappa shape index (κ1) is 16.1. The van der Waals surface area contributed by atoms with Crippen LogP contribution in [0.5, 0.6) is 0 Å². The van der Waals surface area contributed by atoms with Crippen LogP contribution >= 0.6 is 47.8 Å². The van der Waals surface area contributed by atoms with Gasteiger partial charge in [-0.2, -0.15) is 0 Å². The van der Waals surface area contributed by atoms with Gasteiger partial charge in [0.15, 0.2) is 0 Å². The van der Waals surface area contributed by atoms with Crippen molar-refractivity contribution < 1.29 is 9.72 Å². The number of anilines is 1. The van der Waals surface area contributed by atoms with E-state index in [2.05, 4.69) is 53.1 Å². The molecule has 0 spiro atoms. The van der Waals surface area contributed by atoms with E-state index in [-0.39, 0.29) is 11.6 Å². The number of nitrogens with one attached hydrogen (secondary N) is 1. The number of nitro groups is 1. The molecule has 0 bridgehead atoms. The fourth-order valence-electron chi connectivity index (χ4n) is 1.60. The zero-order valence-corrected chi connectivity index (χ0v) is 15.0. The topological polar surface area (TPSA) is 72.2 Å². The van der Waals surface area contributed by atoms with Gasteiger partial charge in [0.25, 0.3) is 11.6 Å². The SMILES string of the molecule is O=C(Nc1ccc([N+](=O)[O-])cc1Br)c1cc(Br)cc(Br)c1. The van der Waals surface area contributed by atoms with E-state index in [0.717, 1.165) is 8.95 Å². The summed E-state index contributed by atoms with van der Waals surface area (Å²) in [4.78, 5) is 22.4. The lowest BCUT2D eigenvalue weighted by Crippen LogP contribution is -2.12. The summed E-state index contributed by atoms with van der Waals surface area (Å²) in [6.07, 6.45) is 0. The molecule has 2 aromatic carbocycles. The second-order valence-corrected chi connectivity index (χ2v) is 6.72. The molecule has 0 aliphatic heterocycles. The van der Waals surface area contributed by atoms with E-state index in [1.54, 1.807) is 12.1 Å². The largest absolute Gasteiger partial charge is 0.321 e. The molecule has 0 saturated carbocycles. The molecule has 0 aliphatic rings. The van der Waals surface area contributed by atoms with Crippen LogP contribution in [0, 0.1) is 10.1 Å². The molecule has 108 valence electrons. The third-order valence-corrected chi connectivity index (χ3v) is 4.11. The van der Waals surface area contributed by atoms with E-state index in [0.29, 0.717) is 15.7 Å². The number of nitrogens with zero attached hydrogens (tertiary/aromatic N) is 1. The van der Waals surface area contributed by atoms with E-state index < -0.39 is 4.92 Å². The first-order valence-electron chi connectivity index (χ1n) is 5.58. The predicted octanol–water partition coefficient (Wildman–Crippen LogP) is 5.13. The van der Waals surface area contributed by atoms with Crippen molar-refractivity contribution in [1.82, 2.24) is 0 Å². The number of carbonyl (C=O) groups excluding carboxylic acids is 1. The third kappa shape index (κ3) is 4.12. The molecular weight excluding hydrogens is 472 g/mol. The van der Waals surface area contributed by atoms with E-state index in [4.69, 9.17) is 0 Å². The first-order valence-corrected chi connectivity index (χ1v) is 7.96. The van der Waals surface area contributed by atoms with Gasteiger partial charge in [0.05, 0.1) is 10.6 Å². The van der Waals surface area contributed by atoms with Gasteiger partial charge in [0.2, 0.25) is 0 Å². The Morgan fingerprint density at radius 2 is 1.67 bits per heavy atom. The van der Waals surface area contributed by atoms with Gasteiger partial charge >= 0.3 is 0 Å². The summed E-state index contributed by atoms with van der Waals surface area (Å²) in [6.45, 7) is 0. The summed E-state index contributed by atoms with van der Waals surface area (Å²) in [6, 6.07) is 9.33. The van der Waals surface area contributed by atoms with Gasteiger partial charge in [0.1, 0.15) is 0 Å². The maximum Gasteiger partial charge on any atom is 0.270 e. The van der Waals surface area contributed by atoms with Crippen molar-refractivity contribution in [2.45, 2.75) is 0 Å². The monoisotopic (exact) mass is 476 g/mol. The van der Waals surface area contributed by atoms with E-state index in [1.165, 1.54) is 18.2 Å². The predicted molar refractivity (Wildman–Crippen MR) is 90.6 cm³/mol. The Morgan fingerprint density at radius 3 is 2.19 bits per heavy atom. The van der Waals surface area contributed by atoms with E-state index in [1.807, 2.05) is 6.07 Å². The van der Waals surface area contributed by atoms with Crippen LogP contribution < -0.4 is 5.32 Å². The highest BCUT2D eigenvalue weighted by Gasteiger charge is 2.13. The Hall–Kier alpha value is -1.25. The van der Waals surface area contributed by atoms with Crippen molar-refractivity contribution in [3.63, 3.8) is 0 Å². The summed E-state index contributed by atoms with van der Waals surface area (Å²) in [7, 11) is 0. The van der Waals surface area contributed by atoms with Crippen molar-refractivity contribution in [2.24, 2.45) is 0 Å². The van der Waals surface area contributed by atoms with Crippen LogP contribution in [0.15, 0.2) is 49.8 Å². The molecule has 0 saturated heterocycles. The lowest BCUT2D eigenvalue weighted by molar-refractivity contribution is -0.384. The fraction of sp³-hybridized carbons (Fsp3) is 0. The highest BCUT2D eigenvalue weighted by atomic mass is 79.9. The molecule has 0 atom stereocenters. The maximum atomic E-state index is 12.2. The van der Waals surface area contributed by atoms with Crippen molar-refractivity contribution in [2.75, 3.05) is 5.32 Å². The van der Waals surface area contributed by atoms with Gasteiger partial charge in [-0.1, -0.05) is 31.9 Å². The normalized spacial score (nSPS) is 10.2. The number of benzene rings is 2. The Morgan fingerprint density at radius 1 is 1.05 bits per heavy atom. The molecule has 0 radical (unpaired) electrons. The number of rotatable bonds is 3. The van der Waals surface area contributed by atoms with Gasteiger partial charge < -0.3 is 5.32 Å². The Balaban J connectivity index is 2.25. The number of hydrogen-bond donors (Lipinski definition) is 1. The molecule has 0 heterocycles. The molecule has 0 unspecified atom stereocenters. The zero-order chi connectivity index (χ0) is 15.6. The van der Waals surface area contributed by atoms with Gasteiger partial charge in [-0.15, -0.1) is 0 Å². The zero-order valence-electron chi connectivity index (χ0n) is 10.3. The fourth-order valence-corrected chi connectivity index (χ4v) is 3.36. The van der Waals surface area contributed by atoms with Crippen molar-refractivity contribution >= 4 is 65.1 Å². The van der Waals surface area contributed by atoms with Crippen LogP contribution in [0.4, 0.5) is 11.4 Å². The summed E-state index contributed by atoms with van der Waals surface area (Å²) in [5.41, 5.74) is 0.869. The van der Waals surface area contributed by atoms with Crippen molar-refractivity contribution in [1.29, 1.82) is 0 Å². The smallest absolute Gasteiger partial charge is 0.270 e. The van der Waals surface area contributed by atoms with Crippen LogP contribution in [0.2, 0.25) is 0 Å². The van der Waals surface area contributed by atoms with Crippen molar-refractivity contribution in [3.8, 4) is 0 Å². The Labute approximate surface area is 145 Å². The van der Waals surface area contributed by atoms with Crippen molar-refractivity contribution in [3.05, 3.63) is 65.5 Å². The molecule has 0 aliphatic carbocycles. The quantitative estimate of drug-likeness (QED) is 0.490. The average molecular weight is 479 g/mol. The second-order valence-electron chi connectivity index (χ2n) is 4.03.